The summed E-state index contributed by atoms with van der Waals surface area (Å²) in [6.45, 7) is 9.81. The smallest absolute Gasteiger partial charge is 0.0867 e. The number of benzene rings is 4. The maximum absolute atomic E-state index is 6.56. The van der Waals surface area contributed by atoms with Crippen molar-refractivity contribution in [1.29, 1.82) is 0 Å². The van der Waals surface area contributed by atoms with E-state index in [0.29, 0.717) is 13.0 Å². The van der Waals surface area contributed by atoms with E-state index in [9.17, 15) is 0 Å². The third kappa shape index (κ3) is 13.1. The SMILES string of the molecule is CCCCCc1cc(-c2ccccc2N)c(CCCCC)c(CCCCC)c1CCCCC.NCc1cccc(-c2ccccc2C2=CCC(N)(N)C=C2)c1. The Balaban J connectivity index is 0.000000264. The number of nitrogen functional groups attached to an aromatic ring is 1. The highest BCUT2D eigenvalue weighted by molar-refractivity contribution is 5.86. The third-order valence-corrected chi connectivity index (χ3v) is 11.1. The summed E-state index contributed by atoms with van der Waals surface area (Å²) in [7, 11) is 0. The molecular weight excluding hydrogens is 669 g/mol. The van der Waals surface area contributed by atoms with E-state index in [2.05, 4.69) is 94.4 Å². The molecule has 4 aromatic carbocycles. The van der Waals surface area contributed by atoms with Crippen molar-refractivity contribution in [2.45, 2.75) is 149 Å². The zero-order valence-electron chi connectivity index (χ0n) is 34.8. The molecule has 0 heterocycles. The van der Waals surface area contributed by atoms with Gasteiger partial charge in [-0.25, -0.2) is 0 Å². The van der Waals surface area contributed by atoms with E-state index >= 15 is 0 Å². The van der Waals surface area contributed by atoms with Crippen LogP contribution in [0.4, 0.5) is 5.69 Å². The van der Waals surface area contributed by atoms with Gasteiger partial charge in [-0.15, -0.1) is 0 Å². The molecule has 0 spiro atoms. The molecule has 8 N–H and O–H groups in total. The zero-order valence-corrected chi connectivity index (χ0v) is 34.8. The fourth-order valence-corrected chi connectivity index (χ4v) is 7.93. The third-order valence-electron chi connectivity index (χ3n) is 11.1. The van der Waals surface area contributed by atoms with Crippen LogP contribution in [0.15, 0.2) is 97.1 Å². The second-order valence-corrected chi connectivity index (χ2v) is 15.7. The molecule has 0 saturated heterocycles. The van der Waals surface area contributed by atoms with Gasteiger partial charge in [-0.2, -0.15) is 0 Å². The van der Waals surface area contributed by atoms with Crippen LogP contribution in [-0.2, 0) is 32.2 Å². The first-order chi connectivity index (χ1) is 26.8. The summed E-state index contributed by atoms with van der Waals surface area (Å²) >= 11 is 0. The van der Waals surface area contributed by atoms with Crippen molar-refractivity contribution < 1.29 is 0 Å². The molecule has 5 rings (SSSR count). The van der Waals surface area contributed by atoms with Crippen molar-refractivity contribution in [2.75, 3.05) is 5.73 Å². The quantitative estimate of drug-likeness (QED) is 0.0411. The molecule has 0 fully saturated rings. The first-order valence-corrected chi connectivity index (χ1v) is 21.6. The average Bonchev–Trinajstić information content (AvgIpc) is 3.20. The molecule has 4 heteroatoms. The van der Waals surface area contributed by atoms with Gasteiger partial charge in [0.1, 0.15) is 0 Å². The minimum absolute atomic E-state index is 0.543. The molecule has 0 atom stereocenters. The molecule has 4 aromatic rings. The number of nitrogens with two attached hydrogens (primary N) is 4. The van der Waals surface area contributed by atoms with E-state index in [-0.39, 0.29) is 0 Å². The standard InChI is InChI=1S/C32H51N.C19H21N3/c1-5-9-13-19-26-25-31(30-23-17-18-24-32(30)33)29(22-16-12-8-4)28(21-15-11-7-3)27(26)20-14-10-6-2;20-13-14-4-3-5-16(12-14)18-7-2-1-6-17(18)15-8-10-19(21,22)11-9-15/h17-18,23-25H,5-16,19-22,33H2,1-4H3;1-10,12H,11,13,20-22H2. The number of para-hydroxylation sites is 1. The molecule has 0 amide bonds. The van der Waals surface area contributed by atoms with Crippen LogP contribution in [-0.4, -0.2) is 5.66 Å². The molecule has 0 unspecified atom stereocenters. The van der Waals surface area contributed by atoms with Crippen molar-refractivity contribution in [3.8, 4) is 22.3 Å². The van der Waals surface area contributed by atoms with E-state index in [0.717, 1.165) is 16.8 Å². The van der Waals surface area contributed by atoms with Gasteiger partial charge in [0.25, 0.3) is 0 Å². The lowest BCUT2D eigenvalue weighted by atomic mass is 9.81. The average molecular weight is 741 g/mol. The highest BCUT2D eigenvalue weighted by atomic mass is 14.9. The topological polar surface area (TPSA) is 104 Å². The zero-order chi connectivity index (χ0) is 39.5. The summed E-state index contributed by atoms with van der Waals surface area (Å²) in [6, 6.07) is 27.8. The highest BCUT2D eigenvalue weighted by Crippen LogP contribution is 2.38. The number of aryl methyl sites for hydroxylation is 1. The molecule has 4 nitrogen and oxygen atoms in total. The van der Waals surface area contributed by atoms with Crippen LogP contribution in [0.5, 0.6) is 0 Å². The first-order valence-electron chi connectivity index (χ1n) is 21.6. The van der Waals surface area contributed by atoms with Crippen molar-refractivity contribution in [1.82, 2.24) is 0 Å². The van der Waals surface area contributed by atoms with Crippen molar-refractivity contribution >= 4 is 11.3 Å². The van der Waals surface area contributed by atoms with Gasteiger partial charge in [0, 0.05) is 24.2 Å². The Bertz CT molecular complexity index is 1810. The number of unbranched alkanes of at least 4 members (excludes halogenated alkanes) is 8. The fourth-order valence-electron chi connectivity index (χ4n) is 7.93. The normalized spacial score (nSPS) is 13.3. The molecule has 0 aliphatic heterocycles. The number of hydrogen-bond donors (Lipinski definition) is 4. The van der Waals surface area contributed by atoms with Gasteiger partial charge in [0.15, 0.2) is 0 Å². The summed E-state index contributed by atoms with van der Waals surface area (Å²) in [5.41, 5.74) is 39.5. The van der Waals surface area contributed by atoms with Crippen molar-refractivity contribution in [3.63, 3.8) is 0 Å². The minimum Gasteiger partial charge on any atom is -0.398 e. The predicted octanol–water partition coefficient (Wildman–Crippen LogP) is 12.6. The van der Waals surface area contributed by atoms with Crippen LogP contribution < -0.4 is 22.9 Å². The lowest BCUT2D eigenvalue weighted by Gasteiger charge is -2.24. The lowest BCUT2D eigenvalue weighted by Crippen LogP contribution is -2.47. The van der Waals surface area contributed by atoms with Gasteiger partial charge in [-0.1, -0.05) is 158 Å². The van der Waals surface area contributed by atoms with Crippen molar-refractivity contribution in [2.24, 2.45) is 17.2 Å². The summed E-state index contributed by atoms with van der Waals surface area (Å²) in [5, 5.41) is 0. The molecule has 0 radical (unpaired) electrons. The van der Waals surface area contributed by atoms with E-state index < -0.39 is 5.66 Å². The molecule has 296 valence electrons. The summed E-state index contributed by atoms with van der Waals surface area (Å²) < 4.78 is 0. The Morgan fingerprint density at radius 3 is 1.69 bits per heavy atom. The second kappa shape index (κ2) is 23.2. The number of allylic oxidation sites excluding steroid dienone is 2. The van der Waals surface area contributed by atoms with Gasteiger partial charge >= 0.3 is 0 Å². The van der Waals surface area contributed by atoms with E-state index in [1.165, 1.54) is 131 Å². The first kappa shape index (κ1) is 43.8. The Labute approximate surface area is 334 Å². The molecule has 0 aromatic heterocycles. The minimum atomic E-state index is -0.738. The molecule has 0 bridgehead atoms. The largest absolute Gasteiger partial charge is 0.398 e. The maximum Gasteiger partial charge on any atom is 0.0867 e. The van der Waals surface area contributed by atoms with Crippen LogP contribution in [0, 0.1) is 0 Å². The van der Waals surface area contributed by atoms with E-state index in [4.69, 9.17) is 22.9 Å². The van der Waals surface area contributed by atoms with Gasteiger partial charge in [0.05, 0.1) is 5.66 Å². The van der Waals surface area contributed by atoms with Crippen LogP contribution in [0.3, 0.4) is 0 Å². The van der Waals surface area contributed by atoms with Gasteiger partial charge < -0.3 is 22.9 Å². The highest BCUT2D eigenvalue weighted by Gasteiger charge is 2.21. The molecule has 55 heavy (non-hydrogen) atoms. The number of hydrogen-bond acceptors (Lipinski definition) is 4. The van der Waals surface area contributed by atoms with Crippen LogP contribution in [0.1, 0.15) is 145 Å². The Morgan fingerprint density at radius 2 is 1.11 bits per heavy atom. The van der Waals surface area contributed by atoms with Gasteiger partial charge in [-0.3, -0.25) is 0 Å². The van der Waals surface area contributed by atoms with E-state index in [1.54, 1.807) is 22.3 Å². The summed E-state index contributed by atoms with van der Waals surface area (Å²) in [4.78, 5) is 0. The van der Waals surface area contributed by atoms with Crippen LogP contribution in [0.2, 0.25) is 0 Å². The maximum atomic E-state index is 6.56. The molecule has 1 aliphatic rings. The Kier molecular flexibility index (Phi) is 18.5. The Morgan fingerprint density at radius 1 is 0.545 bits per heavy atom. The number of rotatable bonds is 20. The summed E-state index contributed by atoms with van der Waals surface area (Å²) in [5.74, 6) is 0. The summed E-state index contributed by atoms with van der Waals surface area (Å²) in [6.07, 6.45) is 27.1. The lowest BCUT2D eigenvalue weighted by molar-refractivity contribution is 0.559. The molecular formula is C51H72N4. The second-order valence-electron chi connectivity index (χ2n) is 15.7. The fraction of sp³-hybridized carbons (Fsp3) is 0.451. The Hall–Kier alpha value is -3.96. The van der Waals surface area contributed by atoms with Crippen molar-refractivity contribution in [3.05, 3.63) is 130 Å². The van der Waals surface area contributed by atoms with Gasteiger partial charge in [0.2, 0.25) is 0 Å². The molecule has 1 aliphatic carbocycles. The molecule has 0 saturated carbocycles. The monoisotopic (exact) mass is 741 g/mol. The predicted molar refractivity (Wildman–Crippen MR) is 242 cm³/mol. The van der Waals surface area contributed by atoms with Crippen LogP contribution in [0.25, 0.3) is 27.8 Å². The van der Waals surface area contributed by atoms with Gasteiger partial charge in [-0.05, 0) is 125 Å². The number of anilines is 1. The van der Waals surface area contributed by atoms with Crippen LogP contribution >= 0.6 is 0 Å². The van der Waals surface area contributed by atoms with E-state index in [1.807, 2.05) is 30.4 Å².